The van der Waals surface area contributed by atoms with Gasteiger partial charge in [-0.3, -0.25) is 9.88 Å². The smallest absolute Gasteiger partial charge is 0.319 e. The third-order valence-corrected chi connectivity index (χ3v) is 11.0. The lowest BCUT2D eigenvalue weighted by atomic mass is 9.82. The number of fused-ring (bicyclic) bond motifs is 2. The number of nitrogens with one attached hydrogen (secondary N) is 1. The molecule has 5 aliphatic rings. The summed E-state index contributed by atoms with van der Waals surface area (Å²) in [5, 5.41) is 12.8. The van der Waals surface area contributed by atoms with Gasteiger partial charge in [0.2, 0.25) is 0 Å². The Morgan fingerprint density at radius 1 is 1.26 bits per heavy atom. The third-order valence-electron chi connectivity index (χ3n) is 9.81. The number of aromatic nitrogens is 3. The second kappa shape index (κ2) is 12.3. The number of halogens is 3. The Morgan fingerprint density at radius 3 is 2.83 bits per heavy atom. The van der Waals surface area contributed by atoms with Crippen molar-refractivity contribution < 1.29 is 22.6 Å². The van der Waals surface area contributed by atoms with E-state index in [1.807, 2.05) is 6.07 Å². The molecule has 0 radical (unpaired) electrons. The molecule has 2 saturated heterocycles. The molecule has 1 saturated carbocycles. The first-order valence-corrected chi connectivity index (χ1v) is 16.7. The van der Waals surface area contributed by atoms with E-state index < -0.39 is 28.6 Å². The third kappa shape index (κ3) is 5.61. The van der Waals surface area contributed by atoms with Gasteiger partial charge < -0.3 is 25.4 Å². The Labute approximate surface area is 269 Å². The van der Waals surface area contributed by atoms with E-state index in [2.05, 4.69) is 38.9 Å². The zero-order valence-electron chi connectivity index (χ0n) is 25.9. The summed E-state index contributed by atoms with van der Waals surface area (Å²) in [4.78, 5) is 18.2. The van der Waals surface area contributed by atoms with Crippen LogP contribution in [0.5, 0.6) is 6.01 Å². The summed E-state index contributed by atoms with van der Waals surface area (Å²) in [7, 11) is 0. The van der Waals surface area contributed by atoms with Crippen LogP contribution in [-0.2, 0) is 4.74 Å². The summed E-state index contributed by atoms with van der Waals surface area (Å²) < 4.78 is 59.0. The van der Waals surface area contributed by atoms with E-state index in [1.54, 1.807) is 0 Å². The highest BCUT2D eigenvalue weighted by Gasteiger charge is 2.47. The van der Waals surface area contributed by atoms with Crippen LogP contribution < -0.4 is 20.7 Å². The fourth-order valence-corrected chi connectivity index (χ4v) is 8.04. The van der Waals surface area contributed by atoms with E-state index in [1.165, 1.54) is 6.20 Å². The molecule has 7 rings (SSSR count). The number of piperazine rings is 1. The standard InChI is InChI=1S/C32H37F3N8O2S/c1-3-18-13-42(7-6-38-18)30-20-12-39-27(24-21(33)10-22(34)28-23(24)19(11-36)29(37)46-28)25(35)26(20)40-31(41-30)45-16-32(4-5-32)15-43-8-9-44-14-17(43)2/h10,12,17-18,23,28,38H,3-9,13-16,37H2,1-2H3/t17-,18?,23?,28?/m1/s1. The highest BCUT2D eigenvalue weighted by molar-refractivity contribution is 8.04. The molecule has 3 fully saturated rings. The van der Waals surface area contributed by atoms with Crippen molar-refractivity contribution >= 4 is 34.1 Å². The van der Waals surface area contributed by atoms with Gasteiger partial charge in [0.05, 0.1) is 47.1 Å². The quantitative estimate of drug-likeness (QED) is 0.426. The van der Waals surface area contributed by atoms with Crippen molar-refractivity contribution in [3.05, 3.63) is 46.0 Å². The van der Waals surface area contributed by atoms with E-state index in [4.69, 9.17) is 20.2 Å². The summed E-state index contributed by atoms with van der Waals surface area (Å²) in [6.07, 6.45) is 5.07. The maximum absolute atomic E-state index is 16.7. The summed E-state index contributed by atoms with van der Waals surface area (Å²) in [6.45, 7) is 9.76. The van der Waals surface area contributed by atoms with Crippen molar-refractivity contribution in [3.63, 3.8) is 0 Å². The van der Waals surface area contributed by atoms with Crippen LogP contribution in [0, 0.1) is 28.5 Å². The molecule has 14 heteroatoms. The van der Waals surface area contributed by atoms with Gasteiger partial charge in [-0.2, -0.15) is 15.2 Å². The van der Waals surface area contributed by atoms with Crippen LogP contribution in [0.25, 0.3) is 16.5 Å². The first-order valence-electron chi connectivity index (χ1n) is 15.8. The van der Waals surface area contributed by atoms with E-state index >= 15 is 8.78 Å². The van der Waals surface area contributed by atoms with E-state index in [0.29, 0.717) is 50.2 Å². The molecular weight excluding hydrogens is 617 g/mol. The number of nitrogens with two attached hydrogens (primary N) is 1. The molecule has 5 heterocycles. The Hall–Kier alpha value is -3.38. The number of anilines is 1. The number of hydrogen-bond acceptors (Lipinski definition) is 11. The number of allylic oxidation sites excluding steroid dienone is 4. The molecule has 3 N–H and O–H groups in total. The first kappa shape index (κ1) is 31.2. The highest BCUT2D eigenvalue weighted by Crippen LogP contribution is 2.53. The predicted octanol–water partition coefficient (Wildman–Crippen LogP) is 4.20. The van der Waals surface area contributed by atoms with Gasteiger partial charge in [0.25, 0.3) is 0 Å². The summed E-state index contributed by atoms with van der Waals surface area (Å²) >= 11 is 0.925. The Kier molecular flexibility index (Phi) is 8.37. The number of hydrogen-bond donors (Lipinski definition) is 2. The SMILES string of the molecule is CCC1CN(c2nc(OCC3(CN4CCOC[C@H]4C)CC3)nc3c(F)c(C4=C(F)C=C(F)C5SC(N)=C(C#N)C45)ncc23)CCN1. The lowest BCUT2D eigenvalue weighted by molar-refractivity contribution is -0.0134. The van der Waals surface area contributed by atoms with E-state index in [9.17, 15) is 9.65 Å². The molecule has 2 aromatic rings. The molecule has 0 amide bonds. The van der Waals surface area contributed by atoms with Gasteiger partial charge in [-0.05, 0) is 26.2 Å². The molecule has 0 aromatic carbocycles. The van der Waals surface area contributed by atoms with Gasteiger partial charge in [-0.25, -0.2) is 13.2 Å². The van der Waals surface area contributed by atoms with Crippen LogP contribution in [0.1, 0.15) is 38.8 Å². The zero-order valence-corrected chi connectivity index (χ0v) is 26.7. The minimum Gasteiger partial charge on any atom is -0.463 e. The van der Waals surface area contributed by atoms with Crippen LogP contribution in [0.2, 0.25) is 0 Å². The van der Waals surface area contributed by atoms with E-state index in [-0.39, 0.29) is 44.9 Å². The van der Waals surface area contributed by atoms with Crippen LogP contribution in [0.15, 0.2) is 34.5 Å². The van der Waals surface area contributed by atoms with Crippen molar-refractivity contribution in [2.75, 3.05) is 57.4 Å². The van der Waals surface area contributed by atoms with Gasteiger partial charge in [0.15, 0.2) is 5.82 Å². The highest BCUT2D eigenvalue weighted by atomic mass is 32.2. The van der Waals surface area contributed by atoms with Crippen molar-refractivity contribution in [3.8, 4) is 12.1 Å². The molecule has 0 spiro atoms. The number of rotatable bonds is 8. The number of nitrogens with zero attached hydrogens (tertiary/aromatic N) is 6. The van der Waals surface area contributed by atoms with Crippen molar-refractivity contribution in [1.82, 2.24) is 25.2 Å². The summed E-state index contributed by atoms with van der Waals surface area (Å²) in [5.41, 5.74) is 5.34. The van der Waals surface area contributed by atoms with Crippen molar-refractivity contribution in [2.24, 2.45) is 17.1 Å². The van der Waals surface area contributed by atoms with Crippen molar-refractivity contribution in [2.45, 2.75) is 50.4 Å². The fraction of sp³-hybridized carbons (Fsp3) is 0.562. The first-order chi connectivity index (χ1) is 22.2. The largest absolute Gasteiger partial charge is 0.463 e. The second-order valence-corrected chi connectivity index (χ2v) is 14.1. The van der Waals surface area contributed by atoms with Crippen LogP contribution in [-0.4, -0.2) is 89.7 Å². The number of morpholine rings is 1. The Morgan fingerprint density at radius 2 is 2.09 bits per heavy atom. The Bertz CT molecular complexity index is 1690. The fourth-order valence-electron chi connectivity index (χ4n) is 6.87. The molecule has 46 heavy (non-hydrogen) atoms. The molecule has 4 atom stereocenters. The summed E-state index contributed by atoms with van der Waals surface area (Å²) in [6, 6.07) is 2.53. The molecule has 2 aliphatic carbocycles. The summed E-state index contributed by atoms with van der Waals surface area (Å²) in [5.74, 6) is -3.28. The molecule has 2 aromatic heterocycles. The molecule has 10 nitrogen and oxygen atoms in total. The number of thioether (sulfide) groups is 1. The van der Waals surface area contributed by atoms with Crippen LogP contribution in [0.4, 0.5) is 19.0 Å². The normalized spacial score (nSPS) is 27.9. The maximum atomic E-state index is 16.7. The minimum absolute atomic E-state index is 0.00663. The molecule has 244 valence electrons. The Balaban J connectivity index is 1.28. The second-order valence-electron chi connectivity index (χ2n) is 12.9. The van der Waals surface area contributed by atoms with Crippen LogP contribution >= 0.6 is 11.8 Å². The topological polar surface area (TPSA) is 125 Å². The van der Waals surface area contributed by atoms with Gasteiger partial charge in [-0.15, -0.1) is 0 Å². The van der Waals surface area contributed by atoms with Gasteiger partial charge in [0, 0.05) is 74.0 Å². The number of pyridine rings is 1. The lowest BCUT2D eigenvalue weighted by Crippen LogP contribution is -2.50. The molecule has 3 unspecified atom stereocenters. The minimum atomic E-state index is -1.12. The molecular formula is C32H37F3N8O2S. The van der Waals surface area contributed by atoms with Gasteiger partial charge in [0.1, 0.15) is 28.7 Å². The predicted molar refractivity (Wildman–Crippen MR) is 170 cm³/mol. The van der Waals surface area contributed by atoms with Crippen molar-refractivity contribution in [1.29, 1.82) is 5.26 Å². The maximum Gasteiger partial charge on any atom is 0.319 e. The lowest BCUT2D eigenvalue weighted by Gasteiger charge is -2.36. The van der Waals surface area contributed by atoms with Gasteiger partial charge >= 0.3 is 6.01 Å². The molecule has 3 aliphatic heterocycles. The van der Waals surface area contributed by atoms with Gasteiger partial charge in [-0.1, -0.05) is 18.7 Å². The monoisotopic (exact) mass is 654 g/mol. The van der Waals surface area contributed by atoms with E-state index in [0.717, 1.165) is 56.7 Å². The average molecular weight is 655 g/mol. The zero-order chi connectivity index (χ0) is 32.2. The molecule has 0 bridgehead atoms. The number of ether oxygens (including phenoxy) is 2. The average Bonchev–Trinajstić information content (AvgIpc) is 3.74. The van der Waals surface area contributed by atoms with Crippen LogP contribution in [0.3, 0.4) is 0 Å². The number of nitriles is 1.